The maximum absolute atomic E-state index is 13.0. The second-order valence-corrected chi connectivity index (χ2v) is 6.79. The number of carbonyl (C=O) groups is 1. The van der Waals surface area contributed by atoms with E-state index in [2.05, 4.69) is 0 Å². The normalized spacial score (nSPS) is 12.4. The van der Waals surface area contributed by atoms with E-state index in [0.717, 1.165) is 16.8 Å². The first-order chi connectivity index (χ1) is 12.6. The van der Waals surface area contributed by atoms with Crippen molar-refractivity contribution >= 4 is 28.4 Å². The van der Waals surface area contributed by atoms with Crippen LogP contribution in [-0.4, -0.2) is 15.0 Å². The van der Waals surface area contributed by atoms with Gasteiger partial charge in [-0.25, -0.2) is 0 Å². The van der Waals surface area contributed by atoms with Crippen molar-refractivity contribution in [1.29, 1.82) is 0 Å². The van der Waals surface area contributed by atoms with Gasteiger partial charge in [0.25, 0.3) is 5.91 Å². The fraction of sp³-hybridized carbons (Fsp3) is 0.0476. The Morgan fingerprint density at radius 1 is 0.923 bits per heavy atom. The first-order valence-electron chi connectivity index (χ1n) is 8.27. The van der Waals surface area contributed by atoms with E-state index >= 15 is 0 Å². The molecule has 0 unspecified atom stereocenters. The lowest BCUT2D eigenvalue weighted by Crippen LogP contribution is -2.20. The van der Waals surface area contributed by atoms with Gasteiger partial charge in [0.2, 0.25) is 5.43 Å². The average Bonchev–Trinajstić information content (AvgIpc) is 3.22. The van der Waals surface area contributed by atoms with Gasteiger partial charge in [0.05, 0.1) is 16.9 Å². The van der Waals surface area contributed by atoms with E-state index in [9.17, 15) is 9.59 Å². The van der Waals surface area contributed by atoms with Crippen molar-refractivity contribution in [3.63, 3.8) is 0 Å². The SMILES string of the molecule is O=C1c2c(n(Cc3cccc(Cl)c3)c3ccccc3c2=O)-c2cccn21. The number of hydrogen-bond acceptors (Lipinski definition) is 2. The van der Waals surface area contributed by atoms with Crippen molar-refractivity contribution in [1.82, 2.24) is 9.13 Å². The van der Waals surface area contributed by atoms with Crippen LogP contribution in [0.1, 0.15) is 15.9 Å². The van der Waals surface area contributed by atoms with Crippen LogP contribution in [0.15, 0.2) is 71.7 Å². The number of pyridine rings is 1. The molecule has 5 rings (SSSR count). The standard InChI is InChI=1S/C21H13ClN2O2/c22-14-6-3-5-13(11-14)12-24-16-8-2-1-7-15(16)20(25)18-19(24)17-9-4-10-23(17)21(18)26/h1-11H,12H2. The number of fused-ring (bicyclic) bond motifs is 4. The highest BCUT2D eigenvalue weighted by atomic mass is 35.5. The first-order valence-corrected chi connectivity index (χ1v) is 8.65. The van der Waals surface area contributed by atoms with Crippen LogP contribution in [0.3, 0.4) is 0 Å². The zero-order valence-corrected chi connectivity index (χ0v) is 14.4. The molecule has 4 aromatic rings. The Kier molecular flexibility index (Phi) is 3.18. The Labute approximate surface area is 153 Å². The largest absolute Gasteiger partial charge is 0.334 e. The number of benzene rings is 2. The second-order valence-electron chi connectivity index (χ2n) is 6.35. The molecule has 0 atom stereocenters. The summed E-state index contributed by atoms with van der Waals surface area (Å²) in [6.07, 6.45) is 1.70. The lowest BCUT2D eigenvalue weighted by atomic mass is 10.1. The van der Waals surface area contributed by atoms with Crippen LogP contribution in [0.4, 0.5) is 0 Å². The van der Waals surface area contributed by atoms with Gasteiger partial charge in [0.15, 0.2) is 0 Å². The number of aromatic nitrogens is 2. The fourth-order valence-electron chi connectivity index (χ4n) is 3.72. The summed E-state index contributed by atoms with van der Waals surface area (Å²) in [7, 11) is 0. The lowest BCUT2D eigenvalue weighted by molar-refractivity contribution is 0.0968. The first kappa shape index (κ1) is 15.2. The summed E-state index contributed by atoms with van der Waals surface area (Å²) in [6, 6.07) is 18.7. The van der Waals surface area contributed by atoms with E-state index in [-0.39, 0.29) is 16.9 Å². The minimum absolute atomic E-state index is 0.216. The van der Waals surface area contributed by atoms with Gasteiger partial charge in [0, 0.05) is 23.2 Å². The molecule has 2 aromatic carbocycles. The fourth-order valence-corrected chi connectivity index (χ4v) is 3.93. The zero-order chi connectivity index (χ0) is 17.8. The molecule has 0 bridgehead atoms. The minimum Gasteiger partial charge on any atom is -0.334 e. The Hall–Kier alpha value is -3.11. The van der Waals surface area contributed by atoms with Gasteiger partial charge in [0.1, 0.15) is 5.56 Å². The van der Waals surface area contributed by atoms with Crippen molar-refractivity contribution in [2.24, 2.45) is 0 Å². The Bertz CT molecular complexity index is 1270. The molecular formula is C21H13ClN2O2. The number of carbonyl (C=O) groups excluding carboxylic acids is 1. The number of nitrogens with zero attached hydrogens (tertiary/aromatic N) is 2. The summed E-state index contributed by atoms with van der Waals surface area (Å²) in [5.41, 5.74) is 3.25. The highest BCUT2D eigenvalue weighted by Gasteiger charge is 2.32. The molecule has 1 aliphatic heterocycles. The highest BCUT2D eigenvalue weighted by Crippen LogP contribution is 2.33. The molecule has 0 fully saturated rings. The van der Waals surface area contributed by atoms with E-state index in [4.69, 9.17) is 11.6 Å². The topological polar surface area (TPSA) is 44.0 Å². The number of rotatable bonds is 2. The molecule has 0 saturated carbocycles. The predicted octanol–water partition coefficient (Wildman–Crippen LogP) is 4.17. The summed E-state index contributed by atoms with van der Waals surface area (Å²) in [4.78, 5) is 25.8. The summed E-state index contributed by atoms with van der Waals surface area (Å²) in [6.45, 7) is 0.516. The van der Waals surface area contributed by atoms with Crippen LogP contribution in [0.2, 0.25) is 5.02 Å². The van der Waals surface area contributed by atoms with Gasteiger partial charge in [-0.3, -0.25) is 14.2 Å². The number of halogens is 1. The van der Waals surface area contributed by atoms with Crippen molar-refractivity contribution in [2.75, 3.05) is 0 Å². The van der Waals surface area contributed by atoms with Gasteiger partial charge in [-0.2, -0.15) is 0 Å². The van der Waals surface area contributed by atoms with E-state index in [0.29, 0.717) is 22.6 Å². The zero-order valence-electron chi connectivity index (χ0n) is 13.6. The van der Waals surface area contributed by atoms with E-state index in [1.165, 1.54) is 0 Å². The van der Waals surface area contributed by atoms with Gasteiger partial charge in [-0.05, 0) is 42.0 Å². The minimum atomic E-state index is -0.268. The Morgan fingerprint density at radius 2 is 1.77 bits per heavy atom. The third-order valence-electron chi connectivity index (χ3n) is 4.83. The van der Waals surface area contributed by atoms with Crippen LogP contribution in [0, 0.1) is 0 Å². The molecule has 2 aromatic heterocycles. The summed E-state index contributed by atoms with van der Waals surface area (Å²) in [5.74, 6) is -0.268. The maximum atomic E-state index is 13.0. The van der Waals surface area contributed by atoms with Crippen LogP contribution in [0.5, 0.6) is 0 Å². The smallest absolute Gasteiger partial charge is 0.268 e. The molecule has 26 heavy (non-hydrogen) atoms. The molecule has 4 nitrogen and oxygen atoms in total. The van der Waals surface area contributed by atoms with E-state index < -0.39 is 0 Å². The molecule has 0 aliphatic carbocycles. The molecule has 1 aliphatic rings. The maximum Gasteiger partial charge on any atom is 0.268 e. The molecule has 0 saturated heterocycles. The monoisotopic (exact) mass is 360 g/mol. The Morgan fingerprint density at radius 3 is 2.62 bits per heavy atom. The van der Waals surface area contributed by atoms with Crippen LogP contribution >= 0.6 is 11.6 Å². The molecule has 0 spiro atoms. The van der Waals surface area contributed by atoms with Gasteiger partial charge in [-0.15, -0.1) is 0 Å². The number of para-hydroxylation sites is 1. The van der Waals surface area contributed by atoms with Crippen LogP contribution in [-0.2, 0) is 6.54 Å². The molecule has 0 amide bonds. The summed E-state index contributed by atoms with van der Waals surface area (Å²) < 4.78 is 3.58. The number of hydrogen-bond donors (Lipinski definition) is 0. The van der Waals surface area contributed by atoms with Crippen molar-refractivity contribution < 1.29 is 4.79 Å². The third-order valence-corrected chi connectivity index (χ3v) is 5.06. The molecular weight excluding hydrogens is 348 g/mol. The van der Waals surface area contributed by atoms with Gasteiger partial charge in [-0.1, -0.05) is 35.9 Å². The predicted molar refractivity (Wildman–Crippen MR) is 102 cm³/mol. The van der Waals surface area contributed by atoms with Crippen LogP contribution in [0.25, 0.3) is 22.3 Å². The highest BCUT2D eigenvalue weighted by molar-refractivity contribution is 6.30. The van der Waals surface area contributed by atoms with E-state index in [1.54, 1.807) is 16.8 Å². The molecule has 3 heterocycles. The average molecular weight is 361 g/mol. The van der Waals surface area contributed by atoms with Crippen molar-refractivity contribution in [2.45, 2.75) is 6.54 Å². The van der Waals surface area contributed by atoms with Crippen molar-refractivity contribution in [3.05, 3.63) is 93.2 Å². The van der Waals surface area contributed by atoms with Gasteiger partial charge >= 0.3 is 0 Å². The quantitative estimate of drug-likeness (QED) is 0.474. The second kappa shape index (κ2) is 5.44. The summed E-state index contributed by atoms with van der Waals surface area (Å²) >= 11 is 6.14. The third kappa shape index (κ3) is 2.02. The molecule has 126 valence electrons. The van der Waals surface area contributed by atoms with Crippen molar-refractivity contribution in [3.8, 4) is 11.4 Å². The van der Waals surface area contributed by atoms with Gasteiger partial charge < -0.3 is 4.57 Å². The van der Waals surface area contributed by atoms with Crippen LogP contribution < -0.4 is 5.43 Å². The molecule has 5 heteroatoms. The Balaban J connectivity index is 1.88. The lowest BCUT2D eigenvalue weighted by Gasteiger charge is -2.16. The molecule has 0 N–H and O–H groups in total. The summed E-state index contributed by atoms with van der Waals surface area (Å²) in [5, 5.41) is 1.20. The molecule has 0 radical (unpaired) electrons. The van der Waals surface area contributed by atoms with E-state index in [1.807, 2.05) is 59.2 Å².